The summed E-state index contributed by atoms with van der Waals surface area (Å²) in [4.78, 5) is 16.9. The Labute approximate surface area is 257 Å². The molecule has 0 aliphatic rings. The number of methoxy groups -OCH3 is 1. The lowest BCUT2D eigenvalue weighted by Gasteiger charge is -2.15. The Bertz CT molecular complexity index is 2250. The number of carbonyl (C=O) groups is 1. The summed E-state index contributed by atoms with van der Waals surface area (Å²) in [5.41, 5.74) is 5.11. The van der Waals surface area contributed by atoms with E-state index in [2.05, 4.69) is 11.1 Å². The molecule has 6 aromatic rings. The Balaban J connectivity index is 1.70. The van der Waals surface area contributed by atoms with Gasteiger partial charge in [0.2, 0.25) is 0 Å². The summed E-state index contributed by atoms with van der Waals surface area (Å²) in [5.74, 6) is -1.09. The fourth-order valence-corrected chi connectivity index (χ4v) is 7.58. The molecule has 0 atom stereocenters. The number of fused-ring (bicyclic) bond motifs is 1. The average Bonchev–Trinajstić information content (AvgIpc) is 3.63. The summed E-state index contributed by atoms with van der Waals surface area (Å²) >= 11 is 1.22. The minimum absolute atomic E-state index is 0.0672. The van der Waals surface area contributed by atoms with Gasteiger partial charge < -0.3 is 4.74 Å². The van der Waals surface area contributed by atoms with E-state index in [0.717, 1.165) is 16.7 Å². The zero-order chi connectivity index (χ0) is 31.2. The number of nitrogens with zero attached hydrogens (tertiary/aromatic N) is 3. The molecule has 0 bridgehead atoms. The normalized spacial score (nSPS) is 11.4. The topological polar surface area (TPSA) is 102 Å². The molecular formula is C34H24FN3O4S2. The van der Waals surface area contributed by atoms with Gasteiger partial charge in [-0.2, -0.15) is 5.26 Å². The van der Waals surface area contributed by atoms with Crippen LogP contribution in [0.15, 0.2) is 95.2 Å². The number of aromatic nitrogens is 2. The van der Waals surface area contributed by atoms with Gasteiger partial charge in [0.15, 0.2) is 0 Å². The van der Waals surface area contributed by atoms with E-state index in [1.54, 1.807) is 66.9 Å². The monoisotopic (exact) mass is 621 g/mol. The van der Waals surface area contributed by atoms with Crippen LogP contribution < -0.4 is 0 Å². The molecule has 3 heterocycles. The van der Waals surface area contributed by atoms with Crippen LogP contribution in [-0.4, -0.2) is 30.5 Å². The first-order valence-electron chi connectivity index (χ1n) is 13.4. The maximum atomic E-state index is 14.8. The van der Waals surface area contributed by atoms with Crippen LogP contribution in [0, 0.1) is 31.0 Å². The van der Waals surface area contributed by atoms with E-state index in [1.165, 1.54) is 40.6 Å². The molecule has 0 radical (unpaired) electrons. The van der Waals surface area contributed by atoms with Crippen molar-refractivity contribution in [1.29, 1.82) is 5.26 Å². The van der Waals surface area contributed by atoms with E-state index >= 15 is 0 Å². The predicted molar refractivity (Wildman–Crippen MR) is 168 cm³/mol. The fraction of sp³-hybridized carbons (Fsp3) is 0.0882. The van der Waals surface area contributed by atoms with E-state index in [0.29, 0.717) is 38.3 Å². The molecule has 3 aromatic carbocycles. The number of pyridine rings is 1. The van der Waals surface area contributed by atoms with Crippen molar-refractivity contribution in [3.8, 4) is 39.6 Å². The molecule has 0 N–H and O–H groups in total. The third-order valence-electron chi connectivity index (χ3n) is 7.41. The first-order valence-corrected chi connectivity index (χ1v) is 15.8. The molecule has 0 saturated carbocycles. The Hall–Kier alpha value is -5.11. The van der Waals surface area contributed by atoms with Crippen molar-refractivity contribution in [2.75, 3.05) is 7.11 Å². The second-order valence-electron chi connectivity index (χ2n) is 10.1. The van der Waals surface area contributed by atoms with E-state index < -0.39 is 21.8 Å². The smallest absolute Gasteiger partial charge is 0.356 e. The first kappa shape index (κ1) is 29.0. The molecule has 44 heavy (non-hydrogen) atoms. The summed E-state index contributed by atoms with van der Waals surface area (Å²) in [6.07, 6.45) is 0. The summed E-state index contributed by atoms with van der Waals surface area (Å²) in [7, 11) is -2.93. The van der Waals surface area contributed by atoms with Gasteiger partial charge in [-0.25, -0.2) is 26.6 Å². The highest BCUT2D eigenvalue weighted by molar-refractivity contribution is 7.90. The minimum Gasteiger partial charge on any atom is -0.464 e. The predicted octanol–water partition coefficient (Wildman–Crippen LogP) is 7.75. The van der Waals surface area contributed by atoms with Crippen LogP contribution in [0.2, 0.25) is 0 Å². The minimum atomic E-state index is -4.22. The molecule has 0 saturated heterocycles. The Kier molecular flexibility index (Phi) is 7.37. The molecule has 0 fully saturated rings. The number of aryl methyl sites for hydroxylation is 2. The van der Waals surface area contributed by atoms with Crippen LogP contribution in [0.25, 0.3) is 44.4 Å². The highest BCUT2D eigenvalue weighted by Crippen LogP contribution is 2.45. The highest BCUT2D eigenvalue weighted by Gasteiger charge is 2.30. The quantitative estimate of drug-likeness (QED) is 0.176. The Morgan fingerprint density at radius 1 is 0.955 bits per heavy atom. The van der Waals surface area contributed by atoms with Crippen LogP contribution in [0.3, 0.4) is 0 Å². The second kappa shape index (κ2) is 11.2. The number of hydrogen-bond donors (Lipinski definition) is 0. The van der Waals surface area contributed by atoms with Crippen LogP contribution in [0.4, 0.5) is 4.39 Å². The lowest BCUT2D eigenvalue weighted by atomic mass is 9.96. The van der Waals surface area contributed by atoms with Gasteiger partial charge in [-0.3, -0.25) is 0 Å². The van der Waals surface area contributed by atoms with Gasteiger partial charge in [0.25, 0.3) is 10.0 Å². The number of halogens is 1. The van der Waals surface area contributed by atoms with Crippen LogP contribution in [-0.2, 0) is 14.8 Å². The molecule has 218 valence electrons. The maximum absolute atomic E-state index is 14.8. The number of carbonyl (C=O) groups excluding carboxylic acids is 1. The van der Waals surface area contributed by atoms with Crippen LogP contribution in [0.5, 0.6) is 0 Å². The number of thiophene rings is 1. The first-order chi connectivity index (χ1) is 21.1. The Morgan fingerprint density at radius 3 is 2.41 bits per heavy atom. The average molecular weight is 622 g/mol. The zero-order valence-electron chi connectivity index (χ0n) is 23.8. The zero-order valence-corrected chi connectivity index (χ0v) is 25.5. The van der Waals surface area contributed by atoms with E-state index in [4.69, 9.17) is 4.74 Å². The largest absolute Gasteiger partial charge is 0.464 e. The van der Waals surface area contributed by atoms with Crippen molar-refractivity contribution in [2.45, 2.75) is 18.7 Å². The summed E-state index contributed by atoms with van der Waals surface area (Å²) < 4.78 is 49.8. The van der Waals surface area contributed by atoms with Crippen molar-refractivity contribution >= 4 is 38.2 Å². The van der Waals surface area contributed by atoms with Gasteiger partial charge in [-0.1, -0.05) is 42.0 Å². The van der Waals surface area contributed by atoms with E-state index in [1.807, 2.05) is 19.1 Å². The summed E-state index contributed by atoms with van der Waals surface area (Å²) in [5, 5.41) is 12.1. The van der Waals surface area contributed by atoms with Crippen LogP contribution >= 0.6 is 11.3 Å². The third-order valence-corrected chi connectivity index (χ3v) is 9.96. The number of rotatable bonds is 6. The second-order valence-corrected chi connectivity index (χ2v) is 12.8. The van der Waals surface area contributed by atoms with Gasteiger partial charge >= 0.3 is 5.97 Å². The Morgan fingerprint density at radius 2 is 1.70 bits per heavy atom. The number of nitriles is 1. The van der Waals surface area contributed by atoms with Gasteiger partial charge in [0, 0.05) is 33.3 Å². The van der Waals surface area contributed by atoms with Crippen molar-refractivity contribution in [2.24, 2.45) is 0 Å². The van der Waals surface area contributed by atoms with Gasteiger partial charge in [-0.05, 0) is 73.3 Å². The highest BCUT2D eigenvalue weighted by atomic mass is 32.2. The lowest BCUT2D eigenvalue weighted by Crippen LogP contribution is -2.14. The maximum Gasteiger partial charge on any atom is 0.356 e. The lowest BCUT2D eigenvalue weighted by molar-refractivity contribution is 0.0594. The fourth-order valence-electron chi connectivity index (χ4n) is 5.35. The van der Waals surface area contributed by atoms with Crippen molar-refractivity contribution in [1.82, 2.24) is 8.96 Å². The van der Waals surface area contributed by atoms with Gasteiger partial charge in [0.1, 0.15) is 22.5 Å². The standard InChI is InChI=1S/C34H24FN3O4S2/c1-20-7-10-25(11-8-20)44(40,41)38-30-14-9-24(35)18-28(30)32(27-15-16-43-31(27)19-36)33(38)23-6-4-5-22(17-23)26-12-13-29(34(39)42-3)37-21(26)2/h4-18H,1-3H3. The molecule has 0 unspecified atom stereocenters. The van der Waals surface area contributed by atoms with E-state index in [9.17, 15) is 22.9 Å². The van der Waals surface area contributed by atoms with Gasteiger partial charge in [-0.15, -0.1) is 11.3 Å². The van der Waals surface area contributed by atoms with Crippen molar-refractivity contribution in [3.05, 3.63) is 118 Å². The molecule has 7 nitrogen and oxygen atoms in total. The number of hydrogen-bond acceptors (Lipinski definition) is 7. The molecule has 6 rings (SSSR count). The molecule has 0 amide bonds. The number of benzene rings is 3. The summed E-state index contributed by atoms with van der Waals surface area (Å²) in [6, 6.07) is 25.1. The molecule has 10 heteroatoms. The molecule has 0 spiro atoms. The molecule has 0 aliphatic carbocycles. The number of esters is 1. The molecular weight excluding hydrogens is 598 g/mol. The van der Waals surface area contributed by atoms with E-state index in [-0.39, 0.29) is 16.1 Å². The third kappa shape index (κ3) is 4.86. The van der Waals surface area contributed by atoms with Crippen molar-refractivity contribution < 1.29 is 22.3 Å². The SMILES string of the molecule is COC(=O)c1ccc(-c2cccc(-c3c(-c4ccsc4C#N)c4cc(F)ccc4n3S(=O)(=O)c3ccc(C)cc3)c2)c(C)n1. The molecule has 0 aliphatic heterocycles. The van der Waals surface area contributed by atoms with Crippen molar-refractivity contribution in [3.63, 3.8) is 0 Å². The molecule has 3 aromatic heterocycles. The number of ether oxygens (including phenoxy) is 1. The van der Waals surface area contributed by atoms with Gasteiger partial charge in [0.05, 0.1) is 23.2 Å². The summed E-state index contributed by atoms with van der Waals surface area (Å²) in [6.45, 7) is 3.64. The van der Waals surface area contributed by atoms with Crippen LogP contribution in [0.1, 0.15) is 26.6 Å².